The number of nitrogens with one attached hydrogen (secondary N) is 2. The minimum Gasteiger partial charge on any atom is -0.326 e. The van der Waals surface area contributed by atoms with Crippen LogP contribution in [0, 0.1) is 0 Å². The van der Waals surface area contributed by atoms with Crippen LogP contribution >= 0.6 is 0 Å². The molecule has 0 aliphatic rings. The van der Waals surface area contributed by atoms with Crippen LogP contribution in [0.4, 0.5) is 11.4 Å². The van der Waals surface area contributed by atoms with Crippen molar-refractivity contribution in [2.75, 3.05) is 16.6 Å². The predicted octanol–water partition coefficient (Wildman–Crippen LogP) is 0.516. The fourth-order valence-corrected chi connectivity index (χ4v) is 2.14. The van der Waals surface area contributed by atoms with E-state index in [1.807, 2.05) is 0 Å². The summed E-state index contributed by atoms with van der Waals surface area (Å²) in [6.07, 6.45) is 0. The van der Waals surface area contributed by atoms with Gasteiger partial charge in [0, 0.05) is 12.6 Å². The molecular formula is C9H12N4O7S2. The monoisotopic (exact) mass is 352 g/mol. The van der Waals surface area contributed by atoms with Crippen molar-refractivity contribution in [1.82, 2.24) is 0 Å². The molecule has 122 valence electrons. The molecule has 0 atom stereocenters. The van der Waals surface area contributed by atoms with Gasteiger partial charge in [0.1, 0.15) is 4.90 Å². The summed E-state index contributed by atoms with van der Waals surface area (Å²) >= 11 is 0. The molecule has 0 heterocycles. The van der Waals surface area contributed by atoms with Gasteiger partial charge >= 0.3 is 0 Å². The first-order valence-electron chi connectivity index (χ1n) is 5.46. The quantitative estimate of drug-likeness (QED) is 0.325. The van der Waals surface area contributed by atoms with Crippen molar-refractivity contribution >= 4 is 37.5 Å². The summed E-state index contributed by atoms with van der Waals surface area (Å²) < 4.78 is 60.8. The summed E-state index contributed by atoms with van der Waals surface area (Å²) in [6.45, 7) is 1.23. The van der Waals surface area contributed by atoms with Gasteiger partial charge in [0.15, 0.2) is 5.88 Å². The van der Waals surface area contributed by atoms with Gasteiger partial charge in [-0.2, -0.15) is 21.9 Å². The van der Waals surface area contributed by atoms with Crippen LogP contribution in [0.5, 0.6) is 0 Å². The molecular weight excluding hydrogens is 340 g/mol. The fourth-order valence-electron chi connectivity index (χ4n) is 1.31. The van der Waals surface area contributed by atoms with E-state index in [0.29, 0.717) is 0 Å². The van der Waals surface area contributed by atoms with Crippen molar-refractivity contribution in [1.29, 1.82) is 0 Å². The number of benzene rings is 1. The zero-order valence-corrected chi connectivity index (χ0v) is 12.7. The van der Waals surface area contributed by atoms with Crippen LogP contribution in [0.15, 0.2) is 33.4 Å². The summed E-state index contributed by atoms with van der Waals surface area (Å²) in [6, 6.07) is 3.36. The van der Waals surface area contributed by atoms with Gasteiger partial charge < -0.3 is 5.32 Å². The predicted molar refractivity (Wildman–Crippen MR) is 75.5 cm³/mol. The highest BCUT2D eigenvalue weighted by Crippen LogP contribution is 2.25. The van der Waals surface area contributed by atoms with E-state index in [4.69, 9.17) is 9.11 Å². The largest absolute Gasteiger partial charge is 0.326 e. The van der Waals surface area contributed by atoms with E-state index in [2.05, 4.69) is 21.1 Å². The van der Waals surface area contributed by atoms with Gasteiger partial charge in [-0.25, -0.2) is 0 Å². The Balaban J connectivity index is 3.09. The van der Waals surface area contributed by atoms with Gasteiger partial charge in [0.25, 0.3) is 20.2 Å². The first kappa shape index (κ1) is 18.0. The SMILES string of the molecule is CC(=O)Nc1ccc(S(=O)(=O)O)c(NN=NCS(=O)(=O)O)c1. The second-order valence-corrected chi connectivity index (χ2v) is 6.74. The molecule has 0 saturated heterocycles. The molecule has 11 nitrogen and oxygen atoms in total. The lowest BCUT2D eigenvalue weighted by atomic mass is 10.3. The Kier molecular flexibility index (Phi) is 5.54. The Bertz CT molecular complexity index is 801. The molecule has 0 radical (unpaired) electrons. The van der Waals surface area contributed by atoms with Gasteiger partial charge in [0.05, 0.1) is 5.69 Å². The molecule has 1 amide bonds. The number of carbonyl (C=O) groups excluding carboxylic acids is 1. The zero-order valence-electron chi connectivity index (χ0n) is 11.1. The second kappa shape index (κ2) is 6.78. The summed E-state index contributed by atoms with van der Waals surface area (Å²) in [4.78, 5) is 10.4. The molecule has 22 heavy (non-hydrogen) atoms. The highest BCUT2D eigenvalue weighted by atomic mass is 32.2. The highest BCUT2D eigenvalue weighted by molar-refractivity contribution is 7.86. The van der Waals surface area contributed by atoms with E-state index in [1.54, 1.807) is 0 Å². The van der Waals surface area contributed by atoms with Crippen LogP contribution in [0.25, 0.3) is 0 Å². The standard InChI is InChI=1S/C9H12N4O7S2/c1-6(14)11-7-2-3-9(22(18,19)20)8(4-7)12-13-10-5-21(15,16)17/h2-4H,5H2,1H3,(H,10,12)(H,11,14)(H,15,16,17)(H,18,19,20). The van der Waals surface area contributed by atoms with Gasteiger partial charge in [-0.3, -0.25) is 19.3 Å². The van der Waals surface area contributed by atoms with Gasteiger partial charge in [-0.1, -0.05) is 5.22 Å². The minimum absolute atomic E-state index is 0.201. The lowest BCUT2D eigenvalue weighted by Crippen LogP contribution is -2.08. The molecule has 4 N–H and O–H groups in total. The summed E-state index contributed by atoms with van der Waals surface area (Å²) in [5.41, 5.74) is 2.04. The van der Waals surface area contributed by atoms with Crippen molar-refractivity contribution in [2.45, 2.75) is 11.8 Å². The smallest absolute Gasteiger partial charge is 0.296 e. The van der Waals surface area contributed by atoms with E-state index in [9.17, 15) is 21.6 Å². The third-order valence-corrected chi connectivity index (χ3v) is 3.39. The molecule has 13 heteroatoms. The average Bonchev–Trinajstić information content (AvgIpc) is 2.31. The maximum Gasteiger partial charge on any atom is 0.296 e. The highest BCUT2D eigenvalue weighted by Gasteiger charge is 2.16. The first-order chi connectivity index (χ1) is 9.99. The van der Waals surface area contributed by atoms with Crippen molar-refractivity contribution < 1.29 is 30.7 Å². The van der Waals surface area contributed by atoms with Crippen LogP contribution in [-0.4, -0.2) is 37.7 Å². The number of hydrogen-bond donors (Lipinski definition) is 4. The third kappa shape index (κ3) is 6.13. The molecule has 1 aromatic rings. The molecule has 0 unspecified atom stereocenters. The molecule has 0 fully saturated rings. The summed E-state index contributed by atoms with van der Waals surface area (Å²) in [7, 11) is -8.95. The normalized spacial score (nSPS) is 12.3. The Morgan fingerprint density at radius 2 is 1.86 bits per heavy atom. The van der Waals surface area contributed by atoms with Crippen molar-refractivity contribution in [2.24, 2.45) is 10.3 Å². The summed E-state index contributed by atoms with van der Waals surface area (Å²) in [5.74, 6) is -1.45. The number of hydrogen-bond acceptors (Lipinski definition) is 7. The molecule has 1 aromatic carbocycles. The number of carbonyl (C=O) groups is 1. The van der Waals surface area contributed by atoms with Gasteiger partial charge in [0.2, 0.25) is 5.91 Å². The van der Waals surface area contributed by atoms with Crippen LogP contribution in [0.2, 0.25) is 0 Å². The van der Waals surface area contributed by atoms with E-state index < -0.39 is 36.9 Å². The van der Waals surface area contributed by atoms with Crippen LogP contribution < -0.4 is 10.7 Å². The van der Waals surface area contributed by atoms with Crippen LogP contribution in [0.3, 0.4) is 0 Å². The van der Waals surface area contributed by atoms with E-state index >= 15 is 0 Å². The molecule has 0 aliphatic carbocycles. The second-order valence-electron chi connectivity index (χ2n) is 3.93. The Hall–Kier alpha value is -2.09. The first-order valence-corrected chi connectivity index (χ1v) is 8.51. The molecule has 0 aromatic heterocycles. The number of rotatable bonds is 6. The third-order valence-electron chi connectivity index (χ3n) is 2.04. The molecule has 0 saturated carbocycles. The number of anilines is 2. The lowest BCUT2D eigenvalue weighted by molar-refractivity contribution is -0.114. The van der Waals surface area contributed by atoms with Crippen LogP contribution in [0.1, 0.15) is 6.92 Å². The molecule has 0 bridgehead atoms. The van der Waals surface area contributed by atoms with Gasteiger partial charge in [-0.15, -0.1) is 0 Å². The number of amides is 1. The Morgan fingerprint density at radius 3 is 2.36 bits per heavy atom. The van der Waals surface area contributed by atoms with E-state index in [-0.39, 0.29) is 11.4 Å². The molecule has 0 aliphatic heterocycles. The van der Waals surface area contributed by atoms with Gasteiger partial charge in [-0.05, 0) is 18.2 Å². The number of nitrogens with zero attached hydrogens (tertiary/aromatic N) is 2. The summed E-state index contributed by atoms with van der Waals surface area (Å²) in [5, 5.41) is 8.61. The zero-order chi connectivity index (χ0) is 17.0. The van der Waals surface area contributed by atoms with Crippen molar-refractivity contribution in [3.05, 3.63) is 18.2 Å². The maximum atomic E-state index is 11.2. The Labute approximate surface area is 125 Å². The van der Waals surface area contributed by atoms with E-state index in [0.717, 1.165) is 12.1 Å². The average molecular weight is 352 g/mol. The van der Waals surface area contributed by atoms with Crippen molar-refractivity contribution in [3.63, 3.8) is 0 Å². The molecule has 1 rings (SSSR count). The molecule has 0 spiro atoms. The lowest BCUT2D eigenvalue weighted by Gasteiger charge is -2.09. The maximum absolute atomic E-state index is 11.2. The van der Waals surface area contributed by atoms with Crippen molar-refractivity contribution in [3.8, 4) is 0 Å². The van der Waals surface area contributed by atoms with E-state index in [1.165, 1.54) is 13.0 Å². The minimum atomic E-state index is -4.59. The Morgan fingerprint density at radius 1 is 1.23 bits per heavy atom. The fraction of sp³-hybridized carbons (Fsp3) is 0.222. The van der Waals surface area contributed by atoms with Crippen LogP contribution in [-0.2, 0) is 25.0 Å². The topological polar surface area (TPSA) is 175 Å².